The minimum atomic E-state index is 0.412. The van der Waals surface area contributed by atoms with Gasteiger partial charge in [0.25, 0.3) is 0 Å². The maximum absolute atomic E-state index is 8.77. The molecule has 2 heteroatoms. The van der Waals surface area contributed by atoms with E-state index in [4.69, 9.17) is 10.5 Å². The number of nitriles is 2. The number of hydrogen-bond donors (Lipinski definition) is 0. The van der Waals surface area contributed by atoms with E-state index in [0.717, 1.165) is 12.0 Å². The van der Waals surface area contributed by atoms with Crippen LogP contribution in [0.5, 0.6) is 0 Å². The summed E-state index contributed by atoms with van der Waals surface area (Å²) < 4.78 is 0. The molecule has 0 radical (unpaired) electrons. The molecule has 14 heavy (non-hydrogen) atoms. The van der Waals surface area contributed by atoms with Crippen LogP contribution in [0.1, 0.15) is 18.1 Å². The number of aryl methyl sites for hydroxylation is 1. The summed E-state index contributed by atoms with van der Waals surface area (Å²) in [5.74, 6) is 0. The maximum atomic E-state index is 8.77. The van der Waals surface area contributed by atoms with E-state index in [9.17, 15) is 0 Å². The summed E-state index contributed by atoms with van der Waals surface area (Å²) >= 11 is 0. The SMILES string of the molecule is CCc1ccc(/C(C#N)=C/C#N)cc1. The Labute approximate surface area is 83.7 Å². The smallest absolute Gasteiger partial charge is 0.101 e. The molecule has 0 fully saturated rings. The molecule has 0 aromatic heterocycles. The highest BCUT2D eigenvalue weighted by Gasteiger charge is 1.99. The third-order valence-corrected chi connectivity index (χ3v) is 2.00. The van der Waals surface area contributed by atoms with Gasteiger partial charge < -0.3 is 0 Å². The van der Waals surface area contributed by atoms with E-state index in [2.05, 4.69) is 6.92 Å². The van der Waals surface area contributed by atoms with Crippen LogP contribution < -0.4 is 0 Å². The molecule has 0 aliphatic heterocycles. The van der Waals surface area contributed by atoms with Gasteiger partial charge in [0, 0.05) is 6.08 Å². The Morgan fingerprint density at radius 1 is 1.29 bits per heavy atom. The molecule has 0 unspecified atom stereocenters. The van der Waals surface area contributed by atoms with E-state index in [1.165, 1.54) is 11.6 Å². The monoisotopic (exact) mass is 182 g/mol. The molecule has 0 spiro atoms. The van der Waals surface area contributed by atoms with Gasteiger partial charge in [-0.15, -0.1) is 0 Å². The highest BCUT2D eigenvalue weighted by atomic mass is 14.3. The van der Waals surface area contributed by atoms with Gasteiger partial charge in [-0.2, -0.15) is 10.5 Å². The maximum Gasteiger partial charge on any atom is 0.101 e. The van der Waals surface area contributed by atoms with E-state index in [0.29, 0.717) is 5.57 Å². The average molecular weight is 182 g/mol. The van der Waals surface area contributed by atoms with Crippen LogP contribution in [-0.2, 0) is 6.42 Å². The van der Waals surface area contributed by atoms with Gasteiger partial charge in [-0.05, 0) is 17.5 Å². The Bertz CT molecular complexity index is 413. The van der Waals surface area contributed by atoms with E-state index < -0.39 is 0 Å². The Morgan fingerprint density at radius 2 is 1.93 bits per heavy atom. The quantitative estimate of drug-likeness (QED) is 0.660. The fourth-order valence-electron chi connectivity index (χ4n) is 1.16. The summed E-state index contributed by atoms with van der Waals surface area (Å²) in [5.41, 5.74) is 2.43. The number of benzene rings is 1. The van der Waals surface area contributed by atoms with Crippen LogP contribution in [0.2, 0.25) is 0 Å². The second-order valence-corrected chi connectivity index (χ2v) is 2.85. The number of nitrogens with zero attached hydrogens (tertiary/aromatic N) is 2. The summed E-state index contributed by atoms with van der Waals surface area (Å²) in [6, 6.07) is 11.5. The fraction of sp³-hybridized carbons (Fsp3) is 0.167. The van der Waals surface area contributed by atoms with Crippen LogP contribution in [0.25, 0.3) is 5.57 Å². The third-order valence-electron chi connectivity index (χ3n) is 2.00. The largest absolute Gasteiger partial charge is 0.193 e. The van der Waals surface area contributed by atoms with Gasteiger partial charge in [0.2, 0.25) is 0 Å². The van der Waals surface area contributed by atoms with Gasteiger partial charge >= 0.3 is 0 Å². The van der Waals surface area contributed by atoms with Gasteiger partial charge in [-0.1, -0.05) is 31.2 Å². The van der Waals surface area contributed by atoms with E-state index in [-0.39, 0.29) is 0 Å². The predicted octanol–water partition coefficient (Wildman–Crippen LogP) is 2.68. The Hall–Kier alpha value is -2.06. The molecular weight excluding hydrogens is 172 g/mol. The van der Waals surface area contributed by atoms with Crippen molar-refractivity contribution in [3.8, 4) is 12.1 Å². The molecule has 0 aliphatic carbocycles. The van der Waals surface area contributed by atoms with Crippen LogP contribution >= 0.6 is 0 Å². The summed E-state index contributed by atoms with van der Waals surface area (Å²) in [5, 5.41) is 17.2. The van der Waals surface area contributed by atoms with Gasteiger partial charge in [-0.3, -0.25) is 0 Å². The van der Waals surface area contributed by atoms with Crippen LogP contribution in [0.4, 0.5) is 0 Å². The topological polar surface area (TPSA) is 47.6 Å². The van der Waals surface area contributed by atoms with Crippen molar-refractivity contribution in [1.29, 1.82) is 10.5 Å². The first kappa shape index (κ1) is 10.0. The number of allylic oxidation sites excluding steroid dienone is 2. The van der Waals surface area contributed by atoms with Crippen LogP contribution in [0.3, 0.4) is 0 Å². The van der Waals surface area contributed by atoms with Crippen molar-refractivity contribution in [3.05, 3.63) is 41.5 Å². The molecule has 0 N–H and O–H groups in total. The lowest BCUT2D eigenvalue weighted by Gasteiger charge is -1.99. The molecule has 0 amide bonds. The molecule has 1 aromatic rings. The van der Waals surface area contributed by atoms with Crippen LogP contribution in [-0.4, -0.2) is 0 Å². The lowest BCUT2D eigenvalue weighted by atomic mass is 10.0. The highest BCUT2D eigenvalue weighted by molar-refractivity contribution is 5.78. The molecule has 1 rings (SSSR count). The van der Waals surface area contributed by atoms with Crippen molar-refractivity contribution in [3.63, 3.8) is 0 Å². The first-order valence-corrected chi connectivity index (χ1v) is 4.41. The van der Waals surface area contributed by atoms with Gasteiger partial charge in [-0.25, -0.2) is 0 Å². The lowest BCUT2D eigenvalue weighted by molar-refractivity contribution is 1.14. The Morgan fingerprint density at radius 3 is 2.36 bits per heavy atom. The van der Waals surface area contributed by atoms with E-state index in [1.807, 2.05) is 36.4 Å². The summed E-state index contributed by atoms with van der Waals surface area (Å²) in [6.45, 7) is 2.07. The molecule has 0 atom stereocenters. The van der Waals surface area contributed by atoms with Crippen molar-refractivity contribution >= 4 is 5.57 Å². The normalized spacial score (nSPS) is 10.4. The predicted molar refractivity (Wildman–Crippen MR) is 55.0 cm³/mol. The molecule has 1 aromatic carbocycles. The summed E-state index contributed by atoms with van der Waals surface area (Å²) in [6.07, 6.45) is 2.24. The number of rotatable bonds is 2. The molecule has 0 saturated carbocycles. The van der Waals surface area contributed by atoms with Gasteiger partial charge in [0.1, 0.15) is 6.07 Å². The van der Waals surface area contributed by atoms with Crippen molar-refractivity contribution in [2.24, 2.45) is 0 Å². The van der Waals surface area contributed by atoms with Gasteiger partial charge in [0.05, 0.1) is 11.6 Å². The molecule has 68 valence electrons. The minimum Gasteiger partial charge on any atom is -0.193 e. The molecular formula is C12H10N2. The first-order chi connectivity index (χ1) is 6.81. The second-order valence-electron chi connectivity index (χ2n) is 2.85. The first-order valence-electron chi connectivity index (χ1n) is 4.41. The van der Waals surface area contributed by atoms with Crippen LogP contribution in [0.15, 0.2) is 30.3 Å². The Kier molecular flexibility index (Phi) is 3.47. The second kappa shape index (κ2) is 4.84. The zero-order chi connectivity index (χ0) is 10.4. The van der Waals surface area contributed by atoms with Crippen molar-refractivity contribution < 1.29 is 0 Å². The third kappa shape index (κ3) is 2.21. The minimum absolute atomic E-state index is 0.412. The standard InChI is InChI=1S/C12H10N2/c1-2-10-3-5-11(6-4-10)12(9-14)7-8-13/h3-7H,2H2,1H3/b12-7+. The number of hydrogen-bond acceptors (Lipinski definition) is 2. The molecule has 0 saturated heterocycles. The highest BCUT2D eigenvalue weighted by Crippen LogP contribution is 2.14. The zero-order valence-corrected chi connectivity index (χ0v) is 7.99. The fourth-order valence-corrected chi connectivity index (χ4v) is 1.16. The van der Waals surface area contributed by atoms with Crippen molar-refractivity contribution in [2.45, 2.75) is 13.3 Å². The Balaban J connectivity index is 3.04. The molecule has 0 aliphatic rings. The van der Waals surface area contributed by atoms with Crippen LogP contribution in [0, 0.1) is 22.7 Å². The summed E-state index contributed by atoms with van der Waals surface area (Å²) in [4.78, 5) is 0. The van der Waals surface area contributed by atoms with Crippen molar-refractivity contribution in [1.82, 2.24) is 0 Å². The van der Waals surface area contributed by atoms with Crippen molar-refractivity contribution in [2.75, 3.05) is 0 Å². The molecule has 2 nitrogen and oxygen atoms in total. The van der Waals surface area contributed by atoms with E-state index >= 15 is 0 Å². The summed E-state index contributed by atoms with van der Waals surface area (Å²) in [7, 11) is 0. The molecule has 0 heterocycles. The zero-order valence-electron chi connectivity index (χ0n) is 7.99. The van der Waals surface area contributed by atoms with E-state index in [1.54, 1.807) is 0 Å². The van der Waals surface area contributed by atoms with Gasteiger partial charge in [0.15, 0.2) is 0 Å². The lowest BCUT2D eigenvalue weighted by Crippen LogP contribution is -1.83. The average Bonchev–Trinajstić information content (AvgIpc) is 2.26. The molecule has 0 bridgehead atoms.